The molecule has 0 fully saturated rings. The number of nitrogens with zero attached hydrogens (tertiary/aromatic N) is 4. The van der Waals surface area contributed by atoms with Crippen molar-refractivity contribution in [1.29, 1.82) is 0 Å². The lowest BCUT2D eigenvalue weighted by Crippen LogP contribution is -2.30. The highest BCUT2D eigenvalue weighted by atomic mass is 35.5. The average Bonchev–Trinajstić information content (AvgIpc) is 3.13. The zero-order valence-electron chi connectivity index (χ0n) is 20.7. The minimum Gasteiger partial charge on any atom is -0.321 e. The van der Waals surface area contributed by atoms with Gasteiger partial charge in [0.05, 0.1) is 39.4 Å². The first-order valence-corrected chi connectivity index (χ1v) is 13.8. The van der Waals surface area contributed by atoms with Crippen molar-refractivity contribution in [3.05, 3.63) is 92.5 Å². The van der Waals surface area contributed by atoms with E-state index in [1.54, 1.807) is 0 Å². The molecule has 2 heterocycles. The van der Waals surface area contributed by atoms with Crippen molar-refractivity contribution in [2.24, 2.45) is 12.8 Å². The third-order valence-electron chi connectivity index (χ3n) is 6.06. The molecular weight excluding hydrogens is 576 g/mol. The molecule has 40 heavy (non-hydrogen) atoms. The summed E-state index contributed by atoms with van der Waals surface area (Å²) in [4.78, 5) is 18.1. The number of aromatic nitrogens is 4. The van der Waals surface area contributed by atoms with Gasteiger partial charge in [0.1, 0.15) is 34.5 Å². The van der Waals surface area contributed by atoms with E-state index in [-0.39, 0.29) is 50.8 Å². The summed E-state index contributed by atoms with van der Waals surface area (Å²) in [7, 11) is -2.33. The zero-order valence-corrected chi connectivity index (χ0v) is 22.3. The molecule has 3 aromatic carbocycles. The van der Waals surface area contributed by atoms with Gasteiger partial charge in [-0.25, -0.2) is 31.0 Å². The maximum absolute atomic E-state index is 14.9. The summed E-state index contributed by atoms with van der Waals surface area (Å²) in [6.07, 6.45) is 0.699. The van der Waals surface area contributed by atoms with Crippen LogP contribution in [0.2, 0.25) is 5.02 Å². The lowest BCUT2D eigenvalue weighted by atomic mass is 10.0. The van der Waals surface area contributed by atoms with E-state index in [4.69, 9.17) is 17.3 Å². The number of sulfonamides is 1. The second-order valence-electron chi connectivity index (χ2n) is 9.12. The molecule has 5 aromatic rings. The van der Waals surface area contributed by atoms with Crippen molar-refractivity contribution >= 4 is 49.2 Å². The van der Waals surface area contributed by atoms with Gasteiger partial charge in [0.25, 0.3) is 5.56 Å². The minimum absolute atomic E-state index is 0.0370. The fourth-order valence-corrected chi connectivity index (χ4v) is 5.33. The SMILES string of the molecule is Cn1nc(NS(C)(=O)=O)c2c(Cl)ccc(-n3c([C@@H](N)Cc4cc(F)cc(F)c4)nc4cc(F)cc(F)c4c3=O)c21. The van der Waals surface area contributed by atoms with E-state index in [1.807, 2.05) is 0 Å². The number of benzene rings is 3. The fraction of sp³-hybridized carbons (Fsp3) is 0.160. The van der Waals surface area contributed by atoms with Crippen molar-refractivity contribution < 1.29 is 26.0 Å². The minimum atomic E-state index is -3.79. The predicted octanol–water partition coefficient (Wildman–Crippen LogP) is 4.10. The fourth-order valence-electron chi connectivity index (χ4n) is 4.59. The highest BCUT2D eigenvalue weighted by Crippen LogP contribution is 2.35. The number of rotatable bonds is 6. The predicted molar refractivity (Wildman–Crippen MR) is 142 cm³/mol. The number of nitrogens with one attached hydrogen (secondary N) is 1. The normalized spacial score (nSPS) is 12.8. The zero-order chi connectivity index (χ0) is 29.1. The lowest BCUT2D eigenvalue weighted by Gasteiger charge is -2.20. The summed E-state index contributed by atoms with van der Waals surface area (Å²) in [6, 6.07) is 5.72. The van der Waals surface area contributed by atoms with Crippen LogP contribution in [0.4, 0.5) is 23.4 Å². The Morgan fingerprint density at radius 2 is 1.68 bits per heavy atom. The Hall–Kier alpha value is -4.01. The third-order valence-corrected chi connectivity index (χ3v) is 6.94. The number of hydrogen-bond donors (Lipinski definition) is 2. The maximum atomic E-state index is 14.9. The summed E-state index contributed by atoms with van der Waals surface area (Å²) in [5, 5.41) is 3.82. The van der Waals surface area contributed by atoms with E-state index in [1.165, 1.54) is 23.9 Å². The molecule has 5 rings (SSSR count). The quantitative estimate of drug-likeness (QED) is 0.285. The largest absolute Gasteiger partial charge is 0.321 e. The van der Waals surface area contributed by atoms with Crippen LogP contribution in [-0.4, -0.2) is 34.0 Å². The van der Waals surface area contributed by atoms with Gasteiger partial charge in [-0.05, 0) is 36.2 Å². The number of fused-ring (bicyclic) bond motifs is 2. The van der Waals surface area contributed by atoms with Crippen LogP contribution in [0.1, 0.15) is 17.4 Å². The molecule has 2 aromatic heterocycles. The number of nitrogens with two attached hydrogens (primary N) is 1. The molecule has 208 valence electrons. The maximum Gasteiger partial charge on any atom is 0.269 e. The van der Waals surface area contributed by atoms with Crippen molar-refractivity contribution in [3.8, 4) is 5.69 Å². The van der Waals surface area contributed by atoms with Gasteiger partial charge in [-0.15, -0.1) is 0 Å². The Balaban J connectivity index is 1.84. The van der Waals surface area contributed by atoms with Crippen molar-refractivity contribution in [1.82, 2.24) is 19.3 Å². The first-order chi connectivity index (χ1) is 18.7. The third kappa shape index (κ3) is 5.00. The van der Waals surface area contributed by atoms with Crippen LogP contribution in [0, 0.1) is 23.3 Å². The molecule has 0 aliphatic rings. The van der Waals surface area contributed by atoms with Gasteiger partial charge >= 0.3 is 0 Å². The van der Waals surface area contributed by atoms with E-state index in [2.05, 4.69) is 14.8 Å². The molecule has 3 N–H and O–H groups in total. The molecule has 0 spiro atoms. The van der Waals surface area contributed by atoms with Gasteiger partial charge in [0.2, 0.25) is 10.0 Å². The summed E-state index contributed by atoms with van der Waals surface area (Å²) < 4.78 is 85.0. The number of halogens is 5. The Morgan fingerprint density at radius 1 is 1.02 bits per heavy atom. The number of aryl methyl sites for hydroxylation is 1. The van der Waals surface area contributed by atoms with E-state index >= 15 is 0 Å². The average molecular weight is 595 g/mol. The van der Waals surface area contributed by atoms with Crippen LogP contribution in [0.3, 0.4) is 0 Å². The highest BCUT2D eigenvalue weighted by molar-refractivity contribution is 7.92. The first kappa shape index (κ1) is 27.6. The molecule has 1 atom stereocenters. The monoisotopic (exact) mass is 594 g/mol. The van der Waals surface area contributed by atoms with Crippen LogP contribution >= 0.6 is 11.6 Å². The highest BCUT2D eigenvalue weighted by Gasteiger charge is 2.26. The van der Waals surface area contributed by atoms with Gasteiger partial charge in [-0.1, -0.05) is 11.6 Å². The molecule has 0 saturated heterocycles. The van der Waals surface area contributed by atoms with Crippen LogP contribution < -0.4 is 16.0 Å². The molecular formula is C25H19ClF4N6O3S. The second kappa shape index (κ2) is 9.87. The Kier molecular flexibility index (Phi) is 6.80. The molecule has 0 saturated carbocycles. The molecule has 0 aliphatic carbocycles. The van der Waals surface area contributed by atoms with E-state index < -0.39 is 50.3 Å². The van der Waals surface area contributed by atoms with Crippen LogP contribution in [0.25, 0.3) is 27.5 Å². The van der Waals surface area contributed by atoms with Crippen LogP contribution in [0.15, 0.2) is 47.3 Å². The number of hydrogen-bond acceptors (Lipinski definition) is 6. The molecule has 9 nitrogen and oxygen atoms in total. The molecule has 0 unspecified atom stereocenters. The summed E-state index contributed by atoms with van der Waals surface area (Å²) in [6.45, 7) is 0. The molecule has 15 heteroatoms. The van der Waals surface area contributed by atoms with Crippen LogP contribution in [-0.2, 0) is 23.5 Å². The van der Waals surface area contributed by atoms with Gasteiger partial charge in [0.15, 0.2) is 5.82 Å². The van der Waals surface area contributed by atoms with Crippen molar-refractivity contribution in [2.75, 3.05) is 11.0 Å². The first-order valence-electron chi connectivity index (χ1n) is 11.5. The van der Waals surface area contributed by atoms with E-state index in [0.29, 0.717) is 12.1 Å². The van der Waals surface area contributed by atoms with Crippen LogP contribution in [0.5, 0.6) is 0 Å². The smallest absolute Gasteiger partial charge is 0.269 e. The van der Waals surface area contributed by atoms with Gasteiger partial charge in [-0.3, -0.25) is 18.8 Å². The summed E-state index contributed by atoms with van der Waals surface area (Å²) in [5.41, 5.74) is 5.43. The lowest BCUT2D eigenvalue weighted by molar-refractivity contribution is 0.571. The van der Waals surface area contributed by atoms with Crippen molar-refractivity contribution in [2.45, 2.75) is 12.5 Å². The standard InChI is InChI=1S/C25H19ClF4N6O3S/c1-35-22-19(4-3-15(26)20(22)23(33-35)34-40(2,38)39)36-24(17(31)7-11-5-12(27)8-13(28)6-11)32-18-10-14(29)9-16(30)21(18)25(36)37/h3-6,8-10,17H,7,31H2,1-2H3,(H,33,34)/t17-/m0/s1. The topological polar surface area (TPSA) is 125 Å². The summed E-state index contributed by atoms with van der Waals surface area (Å²) >= 11 is 6.39. The van der Waals surface area contributed by atoms with E-state index in [0.717, 1.165) is 29.0 Å². The molecule has 0 bridgehead atoms. The Morgan fingerprint density at radius 3 is 2.33 bits per heavy atom. The van der Waals surface area contributed by atoms with E-state index in [9.17, 15) is 30.8 Å². The second-order valence-corrected chi connectivity index (χ2v) is 11.3. The molecule has 0 radical (unpaired) electrons. The number of anilines is 1. The van der Waals surface area contributed by atoms with Gasteiger partial charge in [0, 0.05) is 25.2 Å². The van der Waals surface area contributed by atoms with Gasteiger partial charge in [-0.2, -0.15) is 5.10 Å². The molecule has 0 aliphatic heterocycles. The van der Waals surface area contributed by atoms with Gasteiger partial charge < -0.3 is 5.73 Å². The Bertz CT molecular complexity index is 1990. The molecule has 0 amide bonds. The Labute approximate surface area is 228 Å². The van der Waals surface area contributed by atoms with Crippen molar-refractivity contribution in [3.63, 3.8) is 0 Å². The summed E-state index contributed by atoms with van der Waals surface area (Å²) in [5.74, 6) is -4.20.